The summed E-state index contributed by atoms with van der Waals surface area (Å²) in [6.07, 6.45) is 1.81. The monoisotopic (exact) mass is 215 g/mol. The van der Waals surface area contributed by atoms with E-state index in [1.807, 2.05) is 20.8 Å². The first-order valence-electron chi connectivity index (χ1n) is 5.48. The van der Waals surface area contributed by atoms with Crippen LogP contribution in [0.2, 0.25) is 0 Å². The lowest BCUT2D eigenvalue weighted by Crippen LogP contribution is -2.41. The molecule has 4 nitrogen and oxygen atoms in total. The predicted octanol–water partition coefficient (Wildman–Crippen LogP) is 1.10. The van der Waals surface area contributed by atoms with E-state index in [2.05, 4.69) is 5.32 Å². The van der Waals surface area contributed by atoms with Crippen molar-refractivity contribution in [2.75, 3.05) is 19.8 Å². The van der Waals surface area contributed by atoms with Crippen LogP contribution in [0.5, 0.6) is 0 Å². The minimum Gasteiger partial charge on any atom is -0.381 e. The second kappa shape index (κ2) is 5.47. The van der Waals surface area contributed by atoms with E-state index >= 15 is 0 Å². The van der Waals surface area contributed by atoms with Crippen molar-refractivity contribution in [1.82, 2.24) is 5.32 Å². The summed E-state index contributed by atoms with van der Waals surface area (Å²) in [5.41, 5.74) is -0.257. The molecule has 0 saturated carbocycles. The van der Waals surface area contributed by atoms with Gasteiger partial charge in [-0.15, -0.1) is 0 Å². The molecular formula is C11H21NO3. The third-order valence-corrected chi connectivity index (χ3v) is 2.22. The normalized spacial score (nSPS) is 18.9. The first kappa shape index (κ1) is 12.5. The highest BCUT2D eigenvalue weighted by atomic mass is 16.5. The Hall–Kier alpha value is -0.610. The SMILES string of the molecule is CC(C)(C)OCC(=O)NC1CCOCC1. The maximum Gasteiger partial charge on any atom is 0.246 e. The largest absolute Gasteiger partial charge is 0.381 e. The second-order valence-corrected chi connectivity index (χ2v) is 4.86. The van der Waals surface area contributed by atoms with Crippen LogP contribution in [-0.2, 0) is 14.3 Å². The Bertz CT molecular complexity index is 204. The average Bonchev–Trinajstić information content (AvgIpc) is 2.15. The number of ether oxygens (including phenoxy) is 2. The topological polar surface area (TPSA) is 47.6 Å². The molecule has 0 aliphatic carbocycles. The van der Waals surface area contributed by atoms with Gasteiger partial charge in [-0.05, 0) is 33.6 Å². The molecular weight excluding hydrogens is 194 g/mol. The quantitative estimate of drug-likeness (QED) is 0.766. The van der Waals surface area contributed by atoms with Gasteiger partial charge >= 0.3 is 0 Å². The fourth-order valence-electron chi connectivity index (χ4n) is 1.39. The Balaban J connectivity index is 2.17. The van der Waals surface area contributed by atoms with E-state index in [0.717, 1.165) is 26.1 Å². The van der Waals surface area contributed by atoms with Crippen molar-refractivity contribution in [1.29, 1.82) is 0 Å². The summed E-state index contributed by atoms with van der Waals surface area (Å²) in [5, 5.41) is 2.95. The lowest BCUT2D eigenvalue weighted by molar-refractivity contribution is -0.131. The number of carbonyl (C=O) groups is 1. The fraction of sp³-hybridized carbons (Fsp3) is 0.909. The first-order chi connectivity index (χ1) is 6.97. The van der Waals surface area contributed by atoms with E-state index in [9.17, 15) is 4.79 Å². The second-order valence-electron chi connectivity index (χ2n) is 4.86. The summed E-state index contributed by atoms with van der Waals surface area (Å²) in [6, 6.07) is 0.259. The molecule has 4 heteroatoms. The van der Waals surface area contributed by atoms with Gasteiger partial charge < -0.3 is 14.8 Å². The van der Waals surface area contributed by atoms with Gasteiger partial charge in [0.2, 0.25) is 5.91 Å². The lowest BCUT2D eigenvalue weighted by atomic mass is 10.1. The maximum absolute atomic E-state index is 11.5. The molecule has 0 spiro atoms. The molecule has 1 aliphatic heterocycles. The van der Waals surface area contributed by atoms with E-state index in [0.29, 0.717) is 0 Å². The Morgan fingerprint density at radius 1 is 1.40 bits per heavy atom. The average molecular weight is 215 g/mol. The van der Waals surface area contributed by atoms with Crippen LogP contribution >= 0.6 is 0 Å². The van der Waals surface area contributed by atoms with Gasteiger partial charge in [-0.3, -0.25) is 4.79 Å². The molecule has 1 N–H and O–H groups in total. The molecule has 0 radical (unpaired) electrons. The summed E-state index contributed by atoms with van der Waals surface area (Å²) < 4.78 is 10.6. The molecule has 0 atom stereocenters. The third kappa shape index (κ3) is 5.74. The molecule has 1 saturated heterocycles. The van der Waals surface area contributed by atoms with Gasteiger partial charge in [0.15, 0.2) is 0 Å². The van der Waals surface area contributed by atoms with Crippen LogP contribution in [0.15, 0.2) is 0 Å². The third-order valence-electron chi connectivity index (χ3n) is 2.22. The van der Waals surface area contributed by atoms with E-state index < -0.39 is 0 Å². The molecule has 1 heterocycles. The van der Waals surface area contributed by atoms with Gasteiger partial charge in [0.25, 0.3) is 0 Å². The molecule has 0 unspecified atom stereocenters. The zero-order valence-electron chi connectivity index (χ0n) is 9.84. The smallest absolute Gasteiger partial charge is 0.246 e. The van der Waals surface area contributed by atoms with Crippen LogP contribution in [-0.4, -0.2) is 37.4 Å². The van der Waals surface area contributed by atoms with Gasteiger partial charge in [0, 0.05) is 19.3 Å². The van der Waals surface area contributed by atoms with E-state index in [4.69, 9.17) is 9.47 Å². The van der Waals surface area contributed by atoms with Gasteiger partial charge in [-0.25, -0.2) is 0 Å². The van der Waals surface area contributed by atoms with Crippen molar-refractivity contribution in [2.24, 2.45) is 0 Å². The van der Waals surface area contributed by atoms with Crippen LogP contribution in [0, 0.1) is 0 Å². The maximum atomic E-state index is 11.5. The zero-order valence-corrected chi connectivity index (χ0v) is 9.84. The molecule has 1 aliphatic rings. The summed E-state index contributed by atoms with van der Waals surface area (Å²) in [6.45, 7) is 7.44. The standard InChI is InChI=1S/C11H21NO3/c1-11(2,3)15-8-10(13)12-9-4-6-14-7-5-9/h9H,4-8H2,1-3H3,(H,12,13). The molecule has 0 aromatic rings. The van der Waals surface area contributed by atoms with Gasteiger partial charge in [-0.2, -0.15) is 0 Å². The predicted molar refractivity (Wildman–Crippen MR) is 57.7 cm³/mol. The molecule has 15 heavy (non-hydrogen) atoms. The molecule has 1 rings (SSSR count). The minimum atomic E-state index is -0.257. The highest BCUT2D eigenvalue weighted by molar-refractivity contribution is 5.77. The van der Waals surface area contributed by atoms with Crippen LogP contribution in [0.25, 0.3) is 0 Å². The van der Waals surface area contributed by atoms with Gasteiger partial charge in [-0.1, -0.05) is 0 Å². The number of rotatable bonds is 3. The zero-order chi connectivity index (χ0) is 11.3. The Labute approximate surface area is 91.3 Å². The number of hydrogen-bond acceptors (Lipinski definition) is 3. The number of carbonyl (C=O) groups excluding carboxylic acids is 1. The summed E-state index contributed by atoms with van der Waals surface area (Å²) >= 11 is 0. The molecule has 1 fully saturated rings. The molecule has 88 valence electrons. The molecule has 0 aromatic carbocycles. The first-order valence-corrected chi connectivity index (χ1v) is 5.48. The van der Waals surface area contributed by atoms with Crippen molar-refractivity contribution in [3.05, 3.63) is 0 Å². The van der Waals surface area contributed by atoms with Crippen LogP contribution in [0.1, 0.15) is 33.6 Å². The van der Waals surface area contributed by atoms with Crippen molar-refractivity contribution in [3.8, 4) is 0 Å². The molecule has 0 bridgehead atoms. The number of nitrogens with one attached hydrogen (secondary N) is 1. The fourth-order valence-corrected chi connectivity index (χ4v) is 1.39. The lowest BCUT2D eigenvalue weighted by Gasteiger charge is -2.24. The molecule has 1 amide bonds. The number of hydrogen-bond donors (Lipinski definition) is 1. The highest BCUT2D eigenvalue weighted by Gasteiger charge is 2.18. The van der Waals surface area contributed by atoms with Crippen LogP contribution < -0.4 is 5.32 Å². The summed E-state index contributed by atoms with van der Waals surface area (Å²) in [4.78, 5) is 11.5. The highest BCUT2D eigenvalue weighted by Crippen LogP contribution is 2.08. The number of amides is 1. The van der Waals surface area contributed by atoms with Crippen molar-refractivity contribution < 1.29 is 14.3 Å². The van der Waals surface area contributed by atoms with Crippen LogP contribution in [0.3, 0.4) is 0 Å². The van der Waals surface area contributed by atoms with E-state index in [1.54, 1.807) is 0 Å². The van der Waals surface area contributed by atoms with Gasteiger partial charge in [0.1, 0.15) is 6.61 Å². The van der Waals surface area contributed by atoms with Crippen LogP contribution in [0.4, 0.5) is 0 Å². The molecule has 0 aromatic heterocycles. The Kier molecular flexibility index (Phi) is 4.54. The van der Waals surface area contributed by atoms with Crippen molar-refractivity contribution in [3.63, 3.8) is 0 Å². The summed E-state index contributed by atoms with van der Waals surface area (Å²) in [5.74, 6) is -0.0307. The van der Waals surface area contributed by atoms with Crippen molar-refractivity contribution >= 4 is 5.91 Å². The van der Waals surface area contributed by atoms with Crippen molar-refractivity contribution in [2.45, 2.75) is 45.3 Å². The summed E-state index contributed by atoms with van der Waals surface area (Å²) in [7, 11) is 0. The Morgan fingerprint density at radius 3 is 2.53 bits per heavy atom. The Morgan fingerprint density at radius 2 is 2.00 bits per heavy atom. The minimum absolute atomic E-state index is 0.0307. The van der Waals surface area contributed by atoms with E-state index in [-0.39, 0.29) is 24.2 Å². The van der Waals surface area contributed by atoms with E-state index in [1.165, 1.54) is 0 Å². The van der Waals surface area contributed by atoms with Gasteiger partial charge in [0.05, 0.1) is 5.60 Å².